The summed E-state index contributed by atoms with van der Waals surface area (Å²) in [6, 6.07) is 8.02. The molecule has 5 nitrogen and oxygen atoms in total. The van der Waals surface area contributed by atoms with Crippen molar-refractivity contribution in [2.75, 3.05) is 0 Å². The van der Waals surface area contributed by atoms with Gasteiger partial charge in [0.05, 0.1) is 12.0 Å². The third-order valence-corrected chi connectivity index (χ3v) is 4.67. The van der Waals surface area contributed by atoms with Gasteiger partial charge in [-0.25, -0.2) is 9.78 Å². The lowest BCUT2D eigenvalue weighted by molar-refractivity contribution is -0.125. The Bertz CT molecular complexity index is 705. The molecule has 2 rings (SSSR count). The maximum absolute atomic E-state index is 12.5. The maximum atomic E-state index is 12.5. The predicted molar refractivity (Wildman–Crippen MR) is 89.8 cm³/mol. The fraction of sp³-hybridized carbons (Fsp3) is 0.353. The minimum absolute atomic E-state index is 0.00802. The van der Waals surface area contributed by atoms with Crippen LogP contribution >= 0.6 is 11.3 Å². The van der Waals surface area contributed by atoms with E-state index >= 15 is 0 Å². The summed E-state index contributed by atoms with van der Waals surface area (Å²) < 4.78 is 0. The Morgan fingerprint density at radius 2 is 1.91 bits per heavy atom. The third kappa shape index (κ3) is 3.96. The Labute approximate surface area is 139 Å². The van der Waals surface area contributed by atoms with E-state index in [0.29, 0.717) is 5.01 Å². The molecular formula is C17H20N2O3S. The molecule has 0 saturated heterocycles. The van der Waals surface area contributed by atoms with Crippen LogP contribution in [0.3, 0.4) is 0 Å². The summed E-state index contributed by atoms with van der Waals surface area (Å²) in [6.07, 6.45) is 0.961. The van der Waals surface area contributed by atoms with E-state index in [4.69, 9.17) is 5.11 Å². The van der Waals surface area contributed by atoms with Crippen molar-refractivity contribution in [3.63, 3.8) is 0 Å². The third-order valence-electron chi connectivity index (χ3n) is 3.82. The van der Waals surface area contributed by atoms with Crippen LogP contribution in [0.4, 0.5) is 0 Å². The highest BCUT2D eigenvalue weighted by Crippen LogP contribution is 2.24. The monoisotopic (exact) mass is 332 g/mol. The molecule has 0 radical (unpaired) electrons. The minimum Gasteiger partial charge on any atom is -0.476 e. The van der Waals surface area contributed by atoms with Gasteiger partial charge in [-0.2, -0.15) is 0 Å². The molecule has 1 aromatic heterocycles. The van der Waals surface area contributed by atoms with Crippen molar-refractivity contribution >= 4 is 23.2 Å². The molecule has 0 spiro atoms. The van der Waals surface area contributed by atoms with Crippen molar-refractivity contribution in [3.05, 3.63) is 51.5 Å². The molecule has 0 fully saturated rings. The van der Waals surface area contributed by atoms with E-state index in [0.717, 1.165) is 12.0 Å². The van der Waals surface area contributed by atoms with Gasteiger partial charge < -0.3 is 10.4 Å². The van der Waals surface area contributed by atoms with E-state index in [1.54, 1.807) is 0 Å². The minimum atomic E-state index is -1.06. The Morgan fingerprint density at radius 3 is 2.43 bits per heavy atom. The second-order valence-electron chi connectivity index (χ2n) is 5.79. The second-order valence-corrected chi connectivity index (χ2v) is 6.73. The van der Waals surface area contributed by atoms with E-state index in [9.17, 15) is 9.59 Å². The normalized spacial score (nSPS) is 11.3. The summed E-state index contributed by atoms with van der Waals surface area (Å²) >= 11 is 1.22. The van der Waals surface area contributed by atoms with E-state index in [1.807, 2.05) is 38.1 Å². The topological polar surface area (TPSA) is 79.3 Å². The number of aromatic nitrogens is 1. The number of carbonyl (C=O) groups is 2. The van der Waals surface area contributed by atoms with Crippen LogP contribution < -0.4 is 5.32 Å². The van der Waals surface area contributed by atoms with Gasteiger partial charge in [-0.15, -0.1) is 11.3 Å². The zero-order valence-corrected chi connectivity index (χ0v) is 14.2. The summed E-state index contributed by atoms with van der Waals surface area (Å²) in [7, 11) is 0. The molecule has 6 heteroatoms. The number of rotatable bonds is 6. The van der Waals surface area contributed by atoms with Crippen molar-refractivity contribution in [1.29, 1.82) is 0 Å². The molecule has 1 aromatic carbocycles. The summed E-state index contributed by atoms with van der Waals surface area (Å²) in [5.74, 6) is -1.18. The summed E-state index contributed by atoms with van der Waals surface area (Å²) in [5.41, 5.74) is 1.51. The number of carbonyl (C=O) groups excluding carboxylic acids is 1. The number of amides is 1. The van der Waals surface area contributed by atoms with Crippen LogP contribution in [-0.4, -0.2) is 22.0 Å². The van der Waals surface area contributed by atoms with Crippen LogP contribution in [0.5, 0.6) is 0 Å². The van der Waals surface area contributed by atoms with Gasteiger partial charge in [-0.05, 0) is 31.4 Å². The van der Waals surface area contributed by atoms with Crippen molar-refractivity contribution in [2.45, 2.75) is 39.2 Å². The average molecular weight is 332 g/mol. The standard InChI is InChI=1S/C17H20N2O3S/c1-4-11-5-7-12(8-6-11)17(2,3)16(22)18-9-14-19-13(10-23-14)15(20)21/h5-8,10H,4,9H2,1-3H3,(H,18,22)(H,20,21). The Morgan fingerprint density at radius 1 is 1.26 bits per heavy atom. The molecule has 2 N–H and O–H groups in total. The van der Waals surface area contributed by atoms with Gasteiger partial charge >= 0.3 is 5.97 Å². The highest BCUT2D eigenvalue weighted by molar-refractivity contribution is 7.09. The molecule has 2 aromatic rings. The molecule has 0 aliphatic carbocycles. The molecular weight excluding hydrogens is 312 g/mol. The number of carboxylic acid groups (broad SMARTS) is 1. The van der Waals surface area contributed by atoms with E-state index < -0.39 is 11.4 Å². The summed E-state index contributed by atoms with van der Waals surface area (Å²) in [5, 5.41) is 13.7. The number of carboxylic acids is 1. The van der Waals surface area contributed by atoms with Gasteiger partial charge in [0, 0.05) is 5.38 Å². The molecule has 1 amide bonds. The molecule has 0 aliphatic heterocycles. The van der Waals surface area contributed by atoms with Crippen LogP contribution in [0, 0.1) is 0 Å². The predicted octanol–water partition coefficient (Wildman–Crippen LogP) is 3.00. The van der Waals surface area contributed by atoms with Crippen LogP contribution in [0.2, 0.25) is 0 Å². The first-order valence-electron chi connectivity index (χ1n) is 7.40. The highest BCUT2D eigenvalue weighted by atomic mass is 32.1. The molecule has 1 heterocycles. The number of hydrogen-bond donors (Lipinski definition) is 2. The summed E-state index contributed by atoms with van der Waals surface area (Å²) in [4.78, 5) is 27.3. The molecule has 0 saturated carbocycles. The smallest absolute Gasteiger partial charge is 0.355 e. The van der Waals surface area contributed by atoms with Gasteiger partial charge in [0.15, 0.2) is 5.69 Å². The number of thiazole rings is 1. The SMILES string of the molecule is CCc1ccc(C(C)(C)C(=O)NCc2nc(C(=O)O)cs2)cc1. The Kier molecular flexibility index (Phi) is 5.15. The Balaban J connectivity index is 2.03. The van der Waals surface area contributed by atoms with E-state index in [1.165, 1.54) is 22.3 Å². The van der Waals surface area contributed by atoms with Crippen LogP contribution in [0.25, 0.3) is 0 Å². The maximum Gasteiger partial charge on any atom is 0.355 e. The molecule has 0 unspecified atom stereocenters. The lowest BCUT2D eigenvalue weighted by Gasteiger charge is -2.24. The fourth-order valence-corrected chi connectivity index (χ4v) is 2.86. The van der Waals surface area contributed by atoms with Gasteiger partial charge in [-0.1, -0.05) is 31.2 Å². The molecule has 0 atom stereocenters. The van der Waals surface area contributed by atoms with Crippen molar-refractivity contribution in [2.24, 2.45) is 0 Å². The highest BCUT2D eigenvalue weighted by Gasteiger charge is 2.29. The van der Waals surface area contributed by atoms with Crippen LogP contribution in [0.15, 0.2) is 29.6 Å². The lowest BCUT2D eigenvalue weighted by Crippen LogP contribution is -2.39. The molecule has 0 aliphatic rings. The molecule has 0 bridgehead atoms. The van der Waals surface area contributed by atoms with E-state index in [2.05, 4.69) is 17.2 Å². The van der Waals surface area contributed by atoms with Gasteiger partial charge in [0.2, 0.25) is 5.91 Å². The number of hydrogen-bond acceptors (Lipinski definition) is 4. The summed E-state index contributed by atoms with van der Waals surface area (Å²) in [6.45, 7) is 6.06. The first-order chi connectivity index (χ1) is 10.8. The number of aromatic carboxylic acids is 1. The van der Waals surface area contributed by atoms with Crippen LogP contribution in [0.1, 0.15) is 47.4 Å². The lowest BCUT2D eigenvalue weighted by atomic mass is 9.83. The second kappa shape index (κ2) is 6.91. The molecule has 23 heavy (non-hydrogen) atoms. The number of nitrogens with one attached hydrogen (secondary N) is 1. The van der Waals surface area contributed by atoms with Crippen molar-refractivity contribution in [1.82, 2.24) is 10.3 Å². The average Bonchev–Trinajstić information content (AvgIpc) is 3.01. The zero-order chi connectivity index (χ0) is 17.0. The number of aryl methyl sites for hydroxylation is 1. The Hall–Kier alpha value is -2.21. The van der Waals surface area contributed by atoms with Crippen LogP contribution in [-0.2, 0) is 23.2 Å². The zero-order valence-electron chi connectivity index (χ0n) is 13.4. The quantitative estimate of drug-likeness (QED) is 0.852. The number of benzene rings is 1. The van der Waals surface area contributed by atoms with Crippen molar-refractivity contribution < 1.29 is 14.7 Å². The van der Waals surface area contributed by atoms with Crippen molar-refractivity contribution in [3.8, 4) is 0 Å². The number of nitrogens with zero attached hydrogens (tertiary/aromatic N) is 1. The van der Waals surface area contributed by atoms with Gasteiger partial charge in [-0.3, -0.25) is 4.79 Å². The first-order valence-corrected chi connectivity index (χ1v) is 8.28. The van der Waals surface area contributed by atoms with E-state index in [-0.39, 0.29) is 18.1 Å². The first kappa shape index (κ1) is 17.1. The van der Waals surface area contributed by atoms with Gasteiger partial charge in [0.25, 0.3) is 0 Å². The fourth-order valence-electron chi connectivity index (χ4n) is 2.16. The van der Waals surface area contributed by atoms with Gasteiger partial charge in [0.1, 0.15) is 5.01 Å². The largest absolute Gasteiger partial charge is 0.476 e. The molecule has 122 valence electrons.